The van der Waals surface area contributed by atoms with Crippen LogP contribution in [0.1, 0.15) is 12.8 Å². The Morgan fingerprint density at radius 3 is 3.15 bits per heavy atom. The maximum Gasteiger partial charge on any atom is 0.350 e. The third-order valence-electron chi connectivity index (χ3n) is 1.83. The van der Waals surface area contributed by atoms with E-state index in [0.29, 0.717) is 6.54 Å². The van der Waals surface area contributed by atoms with E-state index in [0.717, 1.165) is 12.8 Å². The molecule has 0 bridgehead atoms. The smallest absolute Gasteiger partial charge is 0.350 e. The van der Waals surface area contributed by atoms with Crippen molar-refractivity contribution in [1.82, 2.24) is 5.06 Å². The predicted octanol–water partition coefficient (Wildman–Crippen LogP) is 0.0790. The molecule has 0 aromatic carbocycles. The van der Waals surface area contributed by atoms with Crippen molar-refractivity contribution < 1.29 is 14.4 Å². The molecule has 0 amide bonds. The van der Waals surface area contributed by atoms with Gasteiger partial charge in [0.1, 0.15) is 12.6 Å². The molecule has 1 rings (SSSR count). The van der Waals surface area contributed by atoms with Gasteiger partial charge >= 0.3 is 5.97 Å². The summed E-state index contributed by atoms with van der Waals surface area (Å²) < 4.78 is 4.60. The van der Waals surface area contributed by atoms with E-state index in [1.165, 1.54) is 12.2 Å². The van der Waals surface area contributed by atoms with E-state index in [2.05, 4.69) is 10.8 Å². The van der Waals surface area contributed by atoms with Crippen LogP contribution in [-0.2, 0) is 14.4 Å². The van der Waals surface area contributed by atoms with Crippen LogP contribution in [0.25, 0.3) is 0 Å². The molecule has 1 saturated heterocycles. The first-order valence-electron chi connectivity index (χ1n) is 4.14. The molecule has 0 saturated carbocycles. The third kappa shape index (κ3) is 2.68. The van der Waals surface area contributed by atoms with Gasteiger partial charge in [-0.1, -0.05) is 0 Å². The lowest BCUT2D eigenvalue weighted by Gasteiger charge is -2.17. The van der Waals surface area contributed by atoms with Crippen LogP contribution in [0.3, 0.4) is 0 Å². The van der Waals surface area contributed by atoms with Crippen LogP contribution in [0.4, 0.5) is 0 Å². The van der Waals surface area contributed by atoms with Crippen LogP contribution in [0.15, 0.2) is 0 Å². The topological polar surface area (TPSA) is 62.6 Å². The third-order valence-corrected chi connectivity index (χ3v) is 1.83. The minimum atomic E-state index is -0.454. The van der Waals surface area contributed by atoms with Crippen molar-refractivity contribution in [3.8, 4) is 6.07 Å². The molecule has 72 valence electrons. The number of carbonyl (C=O) groups is 1. The van der Waals surface area contributed by atoms with Crippen molar-refractivity contribution in [2.45, 2.75) is 18.9 Å². The molecule has 0 radical (unpaired) electrons. The van der Waals surface area contributed by atoms with E-state index >= 15 is 0 Å². The second-order valence-electron chi connectivity index (χ2n) is 2.82. The number of methoxy groups -OCH3 is 1. The Morgan fingerprint density at radius 2 is 2.54 bits per heavy atom. The largest absolute Gasteiger partial charge is 0.373 e. The summed E-state index contributed by atoms with van der Waals surface area (Å²) in [4.78, 5) is 15.9. The van der Waals surface area contributed by atoms with Crippen LogP contribution in [0.5, 0.6) is 0 Å². The van der Waals surface area contributed by atoms with Gasteiger partial charge in [-0.15, -0.1) is 5.06 Å². The van der Waals surface area contributed by atoms with Gasteiger partial charge in [0.15, 0.2) is 0 Å². The van der Waals surface area contributed by atoms with Crippen LogP contribution in [0, 0.1) is 11.3 Å². The number of nitrogens with zero attached hydrogens (tertiary/aromatic N) is 2. The number of rotatable bonds is 3. The summed E-state index contributed by atoms with van der Waals surface area (Å²) >= 11 is 0. The lowest BCUT2D eigenvalue weighted by atomic mass is 10.2. The Bertz CT molecular complexity index is 224. The van der Waals surface area contributed by atoms with Crippen molar-refractivity contribution in [2.24, 2.45) is 0 Å². The highest BCUT2D eigenvalue weighted by Crippen LogP contribution is 2.16. The Kier molecular flexibility index (Phi) is 3.68. The average Bonchev–Trinajstić information content (AvgIpc) is 2.52. The summed E-state index contributed by atoms with van der Waals surface area (Å²) in [7, 11) is 1.42. The Balaban J connectivity index is 2.36. The molecule has 0 spiro atoms. The van der Waals surface area contributed by atoms with Gasteiger partial charge in [-0.3, -0.25) is 0 Å². The van der Waals surface area contributed by atoms with Crippen molar-refractivity contribution >= 4 is 5.97 Å². The van der Waals surface area contributed by atoms with Crippen LogP contribution >= 0.6 is 0 Å². The molecule has 0 N–H and O–H groups in total. The molecule has 0 aliphatic carbocycles. The highest BCUT2D eigenvalue weighted by molar-refractivity contribution is 5.70. The van der Waals surface area contributed by atoms with Crippen molar-refractivity contribution in [1.29, 1.82) is 5.26 Å². The van der Waals surface area contributed by atoms with Crippen molar-refractivity contribution in [2.75, 3.05) is 20.3 Å². The predicted molar refractivity (Wildman–Crippen MR) is 43.3 cm³/mol. The second kappa shape index (κ2) is 4.80. The van der Waals surface area contributed by atoms with Crippen molar-refractivity contribution in [3.05, 3.63) is 0 Å². The fraction of sp³-hybridized carbons (Fsp3) is 0.750. The molecular weight excluding hydrogens is 172 g/mol. The van der Waals surface area contributed by atoms with Gasteiger partial charge in [0.2, 0.25) is 0 Å². The van der Waals surface area contributed by atoms with E-state index in [4.69, 9.17) is 10.1 Å². The first-order valence-corrected chi connectivity index (χ1v) is 4.14. The van der Waals surface area contributed by atoms with Gasteiger partial charge in [0.25, 0.3) is 0 Å². The minimum absolute atomic E-state index is 0.0748. The van der Waals surface area contributed by atoms with E-state index in [-0.39, 0.29) is 12.6 Å². The van der Waals surface area contributed by atoms with E-state index in [1.54, 1.807) is 0 Å². The molecule has 1 heterocycles. The molecule has 1 fully saturated rings. The lowest BCUT2D eigenvalue weighted by molar-refractivity contribution is -0.194. The van der Waals surface area contributed by atoms with Crippen LogP contribution < -0.4 is 0 Å². The summed E-state index contributed by atoms with van der Waals surface area (Å²) in [5, 5.41) is 10.1. The maximum absolute atomic E-state index is 11.0. The number of nitriles is 1. The summed E-state index contributed by atoms with van der Waals surface area (Å²) in [5.74, 6) is -0.454. The molecule has 13 heavy (non-hydrogen) atoms. The van der Waals surface area contributed by atoms with E-state index in [9.17, 15) is 4.79 Å². The average molecular weight is 184 g/mol. The molecule has 5 nitrogen and oxygen atoms in total. The number of hydrogen-bond acceptors (Lipinski definition) is 5. The Labute approximate surface area is 76.8 Å². The highest BCUT2D eigenvalue weighted by atomic mass is 16.7. The summed E-state index contributed by atoms with van der Waals surface area (Å²) in [6, 6.07) is 1.78. The summed E-state index contributed by atoms with van der Waals surface area (Å²) in [6.45, 7) is 0.558. The lowest BCUT2D eigenvalue weighted by Crippen LogP contribution is -2.32. The SMILES string of the molecule is COCC(=O)ON1CCC[C@H]1C#N. The first-order chi connectivity index (χ1) is 6.27. The van der Waals surface area contributed by atoms with E-state index in [1.807, 2.05) is 0 Å². The summed E-state index contributed by atoms with van der Waals surface area (Å²) in [5.41, 5.74) is 0. The normalized spacial score (nSPS) is 22.6. The van der Waals surface area contributed by atoms with Crippen LogP contribution in [0.2, 0.25) is 0 Å². The molecule has 0 aromatic heterocycles. The van der Waals surface area contributed by atoms with Crippen LogP contribution in [-0.4, -0.2) is 37.3 Å². The monoisotopic (exact) mass is 184 g/mol. The zero-order valence-electron chi connectivity index (χ0n) is 7.52. The minimum Gasteiger partial charge on any atom is -0.373 e. The number of hydroxylamine groups is 2. The Hall–Kier alpha value is -1.12. The number of hydrogen-bond donors (Lipinski definition) is 0. The van der Waals surface area contributed by atoms with Gasteiger partial charge in [-0.2, -0.15) is 5.26 Å². The molecule has 1 atom stereocenters. The molecular formula is C8H12N2O3. The number of ether oxygens (including phenoxy) is 1. The standard InChI is InChI=1S/C8H12N2O3/c1-12-6-8(11)13-10-4-2-3-7(10)5-9/h7H,2-4,6H2,1H3/t7-/m0/s1. The van der Waals surface area contributed by atoms with E-state index < -0.39 is 5.97 Å². The zero-order valence-corrected chi connectivity index (χ0v) is 7.52. The van der Waals surface area contributed by atoms with Gasteiger partial charge in [0.05, 0.1) is 6.07 Å². The fourth-order valence-corrected chi connectivity index (χ4v) is 1.25. The summed E-state index contributed by atoms with van der Waals surface area (Å²) in [6.07, 6.45) is 1.65. The zero-order chi connectivity index (χ0) is 9.68. The van der Waals surface area contributed by atoms with Gasteiger partial charge in [0, 0.05) is 13.7 Å². The Morgan fingerprint density at radius 1 is 1.77 bits per heavy atom. The first kappa shape index (κ1) is 9.96. The quantitative estimate of drug-likeness (QED) is 0.621. The highest BCUT2D eigenvalue weighted by Gasteiger charge is 2.27. The van der Waals surface area contributed by atoms with Gasteiger partial charge in [-0.25, -0.2) is 4.79 Å². The second-order valence-corrected chi connectivity index (χ2v) is 2.82. The molecule has 0 unspecified atom stereocenters. The molecule has 5 heteroatoms. The molecule has 1 aliphatic heterocycles. The molecule has 1 aliphatic rings. The number of carbonyl (C=O) groups excluding carboxylic acids is 1. The van der Waals surface area contributed by atoms with Crippen molar-refractivity contribution in [3.63, 3.8) is 0 Å². The maximum atomic E-state index is 11.0. The fourth-order valence-electron chi connectivity index (χ4n) is 1.25. The molecule has 0 aromatic rings. The van der Waals surface area contributed by atoms with Gasteiger partial charge < -0.3 is 9.57 Å². The van der Waals surface area contributed by atoms with Gasteiger partial charge in [-0.05, 0) is 12.8 Å².